The summed E-state index contributed by atoms with van der Waals surface area (Å²) in [4.78, 5) is 27.5. The summed E-state index contributed by atoms with van der Waals surface area (Å²) in [6.45, 7) is 0. The lowest BCUT2D eigenvalue weighted by Gasteiger charge is -2.11. The van der Waals surface area contributed by atoms with Crippen molar-refractivity contribution in [3.05, 3.63) is 263 Å². The van der Waals surface area contributed by atoms with Gasteiger partial charge in [-0.25, -0.2) is 9.36 Å². The maximum atomic E-state index is 13.8. The molecule has 0 bridgehead atoms. The lowest BCUT2D eigenvalue weighted by Crippen LogP contribution is -2.22. The molecule has 10 heteroatoms. The van der Waals surface area contributed by atoms with Crippen molar-refractivity contribution >= 4 is 21.8 Å². The predicted molar refractivity (Wildman–Crippen MR) is 271 cm³/mol. The van der Waals surface area contributed by atoms with Crippen molar-refractivity contribution < 1.29 is 0 Å². The van der Waals surface area contributed by atoms with Crippen LogP contribution in [0.25, 0.3) is 89.6 Å². The molecule has 10 nitrogen and oxygen atoms in total. The number of hydrogen-bond acceptors (Lipinski definition) is 6. The first-order valence-electron chi connectivity index (χ1n) is 22.2. The fourth-order valence-electron chi connectivity index (χ4n) is 8.50. The Bertz CT molecular complexity index is 3530. The first kappa shape index (κ1) is 41.2. The molecular weight excluding hydrogens is 841 g/mol. The molecule has 12 rings (SSSR count). The summed E-state index contributed by atoms with van der Waals surface area (Å²) in [7, 11) is 0. The van der Waals surface area contributed by atoms with E-state index in [1.807, 2.05) is 252 Å². The van der Waals surface area contributed by atoms with Gasteiger partial charge in [0.15, 0.2) is 11.0 Å². The molecular formula is C58H40N8O2. The van der Waals surface area contributed by atoms with Crippen molar-refractivity contribution in [1.82, 2.24) is 39.1 Å². The van der Waals surface area contributed by atoms with E-state index in [1.54, 1.807) is 0 Å². The molecule has 0 amide bonds. The van der Waals surface area contributed by atoms with Gasteiger partial charge >= 0.3 is 0 Å². The van der Waals surface area contributed by atoms with Crippen molar-refractivity contribution in [1.29, 1.82) is 0 Å². The molecule has 0 unspecified atom stereocenters. The lowest BCUT2D eigenvalue weighted by atomic mass is 10.0. The van der Waals surface area contributed by atoms with E-state index in [2.05, 4.69) is 0 Å². The second-order valence-electron chi connectivity index (χ2n) is 15.9. The van der Waals surface area contributed by atoms with Gasteiger partial charge < -0.3 is 0 Å². The van der Waals surface area contributed by atoms with Crippen molar-refractivity contribution in [2.24, 2.45) is 0 Å². The molecule has 0 aliphatic carbocycles. The van der Waals surface area contributed by atoms with E-state index in [9.17, 15) is 9.59 Å². The van der Waals surface area contributed by atoms with E-state index in [0.717, 1.165) is 55.8 Å². The third-order valence-electron chi connectivity index (χ3n) is 11.6. The number of nitrogens with zero attached hydrogens (tertiary/aromatic N) is 8. The van der Waals surface area contributed by atoms with Gasteiger partial charge in [0, 0.05) is 22.3 Å². The summed E-state index contributed by atoms with van der Waals surface area (Å²) in [6.07, 6.45) is 0. The van der Waals surface area contributed by atoms with Crippen LogP contribution in [-0.2, 0) is 0 Å². The molecule has 0 aliphatic heterocycles. The van der Waals surface area contributed by atoms with E-state index in [4.69, 9.17) is 20.4 Å². The quantitative estimate of drug-likeness (QED) is 0.150. The van der Waals surface area contributed by atoms with E-state index < -0.39 is 0 Å². The van der Waals surface area contributed by atoms with Crippen LogP contribution in [0.15, 0.2) is 252 Å². The molecule has 0 atom stereocenters. The Hall–Kier alpha value is -9.54. The number of aromatic nitrogens is 8. The van der Waals surface area contributed by atoms with Crippen LogP contribution in [0.4, 0.5) is 0 Å². The number of fused-ring (bicyclic) bond motifs is 2. The minimum absolute atomic E-state index is 0.257. The SMILES string of the molecule is O=c1c2nn(-c3ccccc3)c(-c3ccccc3)c2c(-c2ccccc2)nn1-c1ccccc1.O=c1c2nn(-c3ccccc3)c(-c3ccccc3)c2c(-c2ccccc2)nn1-c1ccccc1. The number of rotatable bonds is 8. The third-order valence-corrected chi connectivity index (χ3v) is 11.6. The predicted octanol–water partition coefficient (Wildman–Crippen LogP) is 11.8. The first-order chi connectivity index (χ1) is 33.6. The normalized spacial score (nSPS) is 11.1. The minimum atomic E-state index is -0.257. The van der Waals surface area contributed by atoms with Gasteiger partial charge in [-0.3, -0.25) is 9.59 Å². The van der Waals surface area contributed by atoms with E-state index in [-0.39, 0.29) is 11.1 Å². The summed E-state index contributed by atoms with van der Waals surface area (Å²) >= 11 is 0. The number of benzene rings is 8. The zero-order chi connectivity index (χ0) is 45.8. The molecule has 4 aromatic heterocycles. The molecule has 0 saturated heterocycles. The highest BCUT2D eigenvalue weighted by Gasteiger charge is 2.26. The Kier molecular flexibility index (Phi) is 11.0. The zero-order valence-corrected chi connectivity index (χ0v) is 36.5. The molecule has 0 saturated carbocycles. The Morgan fingerprint density at radius 1 is 0.250 bits per heavy atom. The molecule has 0 N–H and O–H groups in total. The largest absolute Gasteiger partial charge is 0.299 e. The standard InChI is InChI=1S/2C29H20N4O/c2*34-29-27-25(26(21-13-5-1-6-14-21)30-33(29)24-19-11-4-12-20-24)28(22-15-7-2-8-16-22)32(31-27)23-17-9-3-10-18-23/h2*1-20H. The molecule has 8 aromatic carbocycles. The summed E-state index contributed by atoms with van der Waals surface area (Å²) in [5.41, 5.74) is 10.2. The van der Waals surface area contributed by atoms with Crippen molar-refractivity contribution in [3.63, 3.8) is 0 Å². The van der Waals surface area contributed by atoms with Crippen LogP contribution in [0.5, 0.6) is 0 Å². The van der Waals surface area contributed by atoms with Crippen molar-refractivity contribution in [2.45, 2.75) is 0 Å². The Balaban J connectivity index is 0.000000149. The van der Waals surface area contributed by atoms with Gasteiger partial charge in [0.2, 0.25) is 0 Å². The van der Waals surface area contributed by atoms with Gasteiger partial charge in [-0.2, -0.15) is 29.8 Å². The first-order valence-corrected chi connectivity index (χ1v) is 22.2. The molecule has 0 radical (unpaired) electrons. The van der Waals surface area contributed by atoms with Gasteiger partial charge in [0.1, 0.15) is 11.4 Å². The summed E-state index contributed by atoms with van der Waals surface area (Å²) in [5, 5.41) is 21.0. The van der Waals surface area contributed by atoms with Crippen LogP contribution in [0.3, 0.4) is 0 Å². The Morgan fingerprint density at radius 3 is 0.765 bits per heavy atom. The number of para-hydroxylation sites is 4. The smallest absolute Gasteiger partial charge is 0.265 e. The second kappa shape index (κ2) is 18.1. The van der Waals surface area contributed by atoms with E-state index in [0.29, 0.717) is 33.8 Å². The molecule has 0 aliphatic rings. The number of hydrogen-bond donors (Lipinski definition) is 0. The molecule has 324 valence electrons. The minimum Gasteiger partial charge on any atom is -0.265 e. The van der Waals surface area contributed by atoms with Crippen LogP contribution in [0.1, 0.15) is 0 Å². The molecule has 12 aromatic rings. The monoisotopic (exact) mass is 880 g/mol. The summed E-state index contributed by atoms with van der Waals surface area (Å²) < 4.78 is 6.60. The van der Waals surface area contributed by atoms with E-state index >= 15 is 0 Å². The van der Waals surface area contributed by atoms with Gasteiger partial charge in [0.25, 0.3) is 11.1 Å². The Labute approximate surface area is 390 Å². The topological polar surface area (TPSA) is 105 Å². The second-order valence-corrected chi connectivity index (χ2v) is 15.9. The van der Waals surface area contributed by atoms with Crippen LogP contribution in [-0.4, -0.2) is 39.1 Å². The maximum absolute atomic E-state index is 13.8. The van der Waals surface area contributed by atoms with Gasteiger partial charge in [-0.1, -0.05) is 194 Å². The van der Waals surface area contributed by atoms with Crippen LogP contribution >= 0.6 is 0 Å². The van der Waals surface area contributed by atoms with Crippen molar-refractivity contribution in [2.75, 3.05) is 0 Å². The average Bonchev–Trinajstić information content (AvgIpc) is 4.03. The highest BCUT2D eigenvalue weighted by Crippen LogP contribution is 2.37. The third kappa shape index (κ3) is 7.67. The average molecular weight is 881 g/mol. The molecule has 0 spiro atoms. The Morgan fingerprint density at radius 2 is 0.485 bits per heavy atom. The van der Waals surface area contributed by atoms with Crippen LogP contribution in [0.2, 0.25) is 0 Å². The highest BCUT2D eigenvalue weighted by atomic mass is 16.1. The highest BCUT2D eigenvalue weighted by molar-refractivity contribution is 6.04. The van der Waals surface area contributed by atoms with Crippen LogP contribution < -0.4 is 11.1 Å². The summed E-state index contributed by atoms with van der Waals surface area (Å²) in [5.74, 6) is 0. The van der Waals surface area contributed by atoms with Gasteiger partial charge in [-0.15, -0.1) is 0 Å². The fraction of sp³-hybridized carbons (Fsp3) is 0. The molecule has 4 heterocycles. The summed E-state index contributed by atoms with van der Waals surface area (Å²) in [6, 6.07) is 78.6. The lowest BCUT2D eigenvalue weighted by molar-refractivity contribution is 0.819. The van der Waals surface area contributed by atoms with Crippen LogP contribution in [0, 0.1) is 0 Å². The van der Waals surface area contributed by atoms with E-state index in [1.165, 1.54) is 9.36 Å². The van der Waals surface area contributed by atoms with Gasteiger partial charge in [-0.05, 0) is 48.5 Å². The maximum Gasteiger partial charge on any atom is 0.299 e. The molecule has 0 fully saturated rings. The van der Waals surface area contributed by atoms with Crippen molar-refractivity contribution in [3.8, 4) is 67.8 Å². The molecule has 68 heavy (non-hydrogen) atoms. The fourth-order valence-corrected chi connectivity index (χ4v) is 8.50. The zero-order valence-electron chi connectivity index (χ0n) is 36.5. The van der Waals surface area contributed by atoms with Gasteiger partial charge in [0.05, 0.1) is 44.9 Å².